The molecule has 0 spiro atoms. The first-order valence-electron chi connectivity index (χ1n) is 7.26. The third kappa shape index (κ3) is 4.21. The van der Waals surface area contributed by atoms with Gasteiger partial charge < -0.3 is 0 Å². The Hall–Kier alpha value is -0.570. The summed E-state index contributed by atoms with van der Waals surface area (Å²) in [6, 6.07) is 5.58. The van der Waals surface area contributed by atoms with E-state index in [0.29, 0.717) is 28.2 Å². The zero-order valence-corrected chi connectivity index (χ0v) is 13.4. The van der Waals surface area contributed by atoms with E-state index in [2.05, 4.69) is 4.90 Å². The fraction of sp³-hybridized carbons (Fsp3) is 0.562. The Balaban J connectivity index is 1.99. The summed E-state index contributed by atoms with van der Waals surface area (Å²) in [5.74, 6) is 0.0680. The number of halogens is 2. The van der Waals surface area contributed by atoms with Crippen LogP contribution in [0.2, 0.25) is 10.0 Å². The molecule has 1 aliphatic rings. The van der Waals surface area contributed by atoms with E-state index in [0.717, 1.165) is 0 Å². The summed E-state index contributed by atoms with van der Waals surface area (Å²) in [6.07, 6.45) is 7.56. The molecule has 2 nitrogen and oxygen atoms in total. The van der Waals surface area contributed by atoms with Crippen LogP contribution in [0.3, 0.4) is 0 Å². The fourth-order valence-electron chi connectivity index (χ4n) is 2.85. The van der Waals surface area contributed by atoms with Crippen LogP contribution in [0.15, 0.2) is 18.2 Å². The SMILES string of the molecule is CN(CC(=O)c1ccc(Cl)cc1Cl)C1CCCCCC1. The molecular formula is C16H21Cl2NO. The topological polar surface area (TPSA) is 20.3 Å². The summed E-state index contributed by atoms with van der Waals surface area (Å²) >= 11 is 12.0. The Kier molecular flexibility index (Phi) is 5.88. The van der Waals surface area contributed by atoms with Gasteiger partial charge >= 0.3 is 0 Å². The van der Waals surface area contributed by atoms with Crippen molar-refractivity contribution < 1.29 is 4.79 Å². The second kappa shape index (κ2) is 7.44. The highest BCUT2D eigenvalue weighted by atomic mass is 35.5. The van der Waals surface area contributed by atoms with E-state index in [1.165, 1.54) is 38.5 Å². The van der Waals surface area contributed by atoms with Crippen LogP contribution in [0.4, 0.5) is 0 Å². The molecule has 0 N–H and O–H groups in total. The highest BCUT2D eigenvalue weighted by Gasteiger charge is 2.20. The molecule has 0 aromatic heterocycles. The molecule has 0 saturated heterocycles. The van der Waals surface area contributed by atoms with Crippen LogP contribution in [0.25, 0.3) is 0 Å². The molecule has 0 bridgehead atoms. The van der Waals surface area contributed by atoms with Crippen LogP contribution in [0.5, 0.6) is 0 Å². The largest absolute Gasteiger partial charge is 0.296 e. The molecule has 20 heavy (non-hydrogen) atoms. The number of rotatable bonds is 4. The van der Waals surface area contributed by atoms with Gasteiger partial charge in [-0.15, -0.1) is 0 Å². The van der Waals surface area contributed by atoms with E-state index in [4.69, 9.17) is 23.2 Å². The van der Waals surface area contributed by atoms with E-state index in [1.54, 1.807) is 18.2 Å². The van der Waals surface area contributed by atoms with Crippen molar-refractivity contribution in [3.05, 3.63) is 33.8 Å². The predicted octanol–water partition coefficient (Wildman–Crippen LogP) is 4.83. The Labute approximate surface area is 131 Å². The molecule has 110 valence electrons. The van der Waals surface area contributed by atoms with Crippen LogP contribution < -0.4 is 0 Å². The average Bonchev–Trinajstić information content (AvgIpc) is 2.67. The first-order chi connectivity index (χ1) is 9.58. The maximum absolute atomic E-state index is 12.3. The third-order valence-corrected chi connectivity index (χ3v) is 4.62. The van der Waals surface area contributed by atoms with Gasteiger partial charge in [-0.05, 0) is 38.1 Å². The minimum absolute atomic E-state index is 0.0680. The Morgan fingerprint density at radius 3 is 2.45 bits per heavy atom. The van der Waals surface area contributed by atoms with Crippen LogP contribution in [0.1, 0.15) is 48.9 Å². The van der Waals surface area contributed by atoms with Crippen molar-refractivity contribution >= 4 is 29.0 Å². The lowest BCUT2D eigenvalue weighted by Crippen LogP contribution is -2.35. The number of ketones is 1. The Morgan fingerprint density at radius 1 is 1.20 bits per heavy atom. The zero-order valence-electron chi connectivity index (χ0n) is 11.9. The maximum Gasteiger partial charge on any atom is 0.178 e. The number of benzene rings is 1. The second-order valence-electron chi connectivity index (χ2n) is 5.61. The van der Waals surface area contributed by atoms with Gasteiger partial charge in [-0.3, -0.25) is 9.69 Å². The van der Waals surface area contributed by atoms with Gasteiger partial charge in [-0.2, -0.15) is 0 Å². The summed E-state index contributed by atoms with van der Waals surface area (Å²) in [5.41, 5.74) is 0.566. The van der Waals surface area contributed by atoms with Crippen LogP contribution in [0, 0.1) is 0 Å². The predicted molar refractivity (Wildman–Crippen MR) is 84.9 cm³/mol. The third-order valence-electron chi connectivity index (χ3n) is 4.07. The van der Waals surface area contributed by atoms with Crippen molar-refractivity contribution in [2.45, 2.75) is 44.6 Å². The molecule has 2 rings (SSSR count). The van der Waals surface area contributed by atoms with E-state index in [9.17, 15) is 4.79 Å². The summed E-state index contributed by atoms with van der Waals surface area (Å²) in [5, 5.41) is 1.00. The minimum atomic E-state index is 0.0680. The van der Waals surface area contributed by atoms with Gasteiger partial charge in [0.2, 0.25) is 0 Å². The molecule has 1 saturated carbocycles. The van der Waals surface area contributed by atoms with Gasteiger partial charge in [0.25, 0.3) is 0 Å². The molecule has 0 atom stereocenters. The summed E-state index contributed by atoms with van der Waals surface area (Å²) in [6.45, 7) is 0.423. The highest BCUT2D eigenvalue weighted by molar-refractivity contribution is 6.36. The van der Waals surface area contributed by atoms with Crippen LogP contribution >= 0.6 is 23.2 Å². The number of Topliss-reactive ketones (excluding diaryl/α,β-unsaturated/α-hetero) is 1. The van der Waals surface area contributed by atoms with Crippen molar-refractivity contribution in [1.82, 2.24) is 4.90 Å². The summed E-state index contributed by atoms with van der Waals surface area (Å²) in [4.78, 5) is 14.5. The van der Waals surface area contributed by atoms with Gasteiger partial charge in [0.15, 0.2) is 5.78 Å². The molecule has 1 aromatic carbocycles. The first-order valence-corrected chi connectivity index (χ1v) is 8.02. The number of carbonyl (C=O) groups excluding carboxylic acids is 1. The van der Waals surface area contributed by atoms with Gasteiger partial charge in [0.1, 0.15) is 0 Å². The van der Waals surface area contributed by atoms with E-state index in [-0.39, 0.29) is 5.78 Å². The average molecular weight is 314 g/mol. The number of hydrogen-bond acceptors (Lipinski definition) is 2. The number of nitrogens with zero attached hydrogens (tertiary/aromatic N) is 1. The van der Waals surface area contributed by atoms with Gasteiger partial charge in [-0.1, -0.05) is 48.9 Å². The monoisotopic (exact) mass is 313 g/mol. The second-order valence-corrected chi connectivity index (χ2v) is 6.45. The summed E-state index contributed by atoms with van der Waals surface area (Å²) < 4.78 is 0. The lowest BCUT2D eigenvalue weighted by Gasteiger charge is -2.26. The normalized spacial score (nSPS) is 17.2. The fourth-order valence-corrected chi connectivity index (χ4v) is 3.37. The molecule has 1 fully saturated rings. The van der Waals surface area contributed by atoms with Crippen molar-refractivity contribution in [1.29, 1.82) is 0 Å². The number of hydrogen-bond donors (Lipinski definition) is 0. The molecule has 1 aliphatic carbocycles. The molecule has 4 heteroatoms. The molecule has 0 amide bonds. The Morgan fingerprint density at radius 2 is 1.85 bits per heavy atom. The first kappa shape index (κ1) is 15.8. The zero-order chi connectivity index (χ0) is 14.5. The van der Waals surface area contributed by atoms with E-state index in [1.807, 2.05) is 7.05 Å². The quantitative estimate of drug-likeness (QED) is 0.586. The molecule has 0 aliphatic heterocycles. The van der Waals surface area contributed by atoms with Crippen molar-refractivity contribution in [3.8, 4) is 0 Å². The van der Waals surface area contributed by atoms with E-state index >= 15 is 0 Å². The lowest BCUT2D eigenvalue weighted by molar-refractivity contribution is 0.0912. The lowest BCUT2D eigenvalue weighted by atomic mass is 10.1. The van der Waals surface area contributed by atoms with Crippen LogP contribution in [-0.2, 0) is 0 Å². The Bertz CT molecular complexity index is 468. The maximum atomic E-state index is 12.3. The van der Waals surface area contributed by atoms with Crippen molar-refractivity contribution in [2.24, 2.45) is 0 Å². The molecule has 0 heterocycles. The van der Waals surface area contributed by atoms with Crippen molar-refractivity contribution in [2.75, 3.05) is 13.6 Å². The van der Waals surface area contributed by atoms with Gasteiger partial charge in [-0.25, -0.2) is 0 Å². The number of carbonyl (C=O) groups is 1. The standard InChI is InChI=1S/C16H21Cl2NO/c1-19(13-6-4-2-3-5-7-13)11-16(20)14-9-8-12(17)10-15(14)18/h8-10,13H,2-7,11H2,1H3. The minimum Gasteiger partial charge on any atom is -0.296 e. The summed E-state index contributed by atoms with van der Waals surface area (Å²) in [7, 11) is 2.04. The number of likely N-dealkylation sites (N-methyl/N-ethyl adjacent to an activating group) is 1. The molecule has 0 unspecified atom stereocenters. The van der Waals surface area contributed by atoms with Gasteiger partial charge in [0, 0.05) is 16.6 Å². The smallest absolute Gasteiger partial charge is 0.178 e. The molecule has 1 aromatic rings. The highest BCUT2D eigenvalue weighted by Crippen LogP contribution is 2.24. The van der Waals surface area contributed by atoms with Crippen molar-refractivity contribution in [3.63, 3.8) is 0 Å². The molecule has 0 radical (unpaired) electrons. The van der Waals surface area contributed by atoms with Gasteiger partial charge in [0.05, 0.1) is 11.6 Å². The molecular weight excluding hydrogens is 293 g/mol. The van der Waals surface area contributed by atoms with E-state index < -0.39 is 0 Å². The van der Waals surface area contributed by atoms with Crippen LogP contribution in [-0.4, -0.2) is 30.3 Å².